The summed E-state index contributed by atoms with van der Waals surface area (Å²) in [6.45, 7) is 12.0. The highest BCUT2D eigenvalue weighted by Crippen LogP contribution is 2.66. The summed E-state index contributed by atoms with van der Waals surface area (Å²) >= 11 is 0. The van der Waals surface area contributed by atoms with Crippen molar-refractivity contribution in [3.63, 3.8) is 0 Å². The first-order valence-electron chi connectivity index (χ1n) is 20.7. The van der Waals surface area contributed by atoms with Crippen LogP contribution in [0, 0.1) is 57.2 Å². The maximum atomic E-state index is 11.8. The van der Waals surface area contributed by atoms with Crippen molar-refractivity contribution in [3.05, 3.63) is 23.3 Å². The van der Waals surface area contributed by atoms with Gasteiger partial charge in [0.25, 0.3) is 0 Å². The molecule has 0 spiro atoms. The molecule has 6 saturated carbocycles. The molecule has 0 heterocycles. The molecule has 6 unspecified atom stereocenters. The number of ketones is 1. The number of hydrogen-bond acceptors (Lipinski definition) is 8. The Morgan fingerprint density at radius 2 is 1.25 bits per heavy atom. The van der Waals surface area contributed by atoms with E-state index in [0.29, 0.717) is 36.9 Å². The van der Waals surface area contributed by atoms with Crippen molar-refractivity contribution >= 4 is 11.5 Å². The summed E-state index contributed by atoms with van der Waals surface area (Å²) in [7, 11) is 0. The van der Waals surface area contributed by atoms with E-state index in [1.165, 1.54) is 69.8 Å². The fourth-order valence-electron chi connectivity index (χ4n) is 13.4. The number of carbonyl (C=O) groups is 1. The first kappa shape index (κ1) is 41.8. The molecule has 0 saturated heterocycles. The molecule has 0 aliphatic heterocycles. The lowest BCUT2D eigenvalue weighted by atomic mass is 9.47. The third kappa shape index (κ3) is 7.47. The Balaban J connectivity index is 0.000000177. The fourth-order valence-corrected chi connectivity index (χ4v) is 13.4. The molecule has 0 aromatic rings. The van der Waals surface area contributed by atoms with Crippen molar-refractivity contribution in [2.45, 2.75) is 143 Å². The molecule has 0 bridgehead atoms. The quantitative estimate of drug-likeness (QED) is 0.213. The molecule has 0 aromatic carbocycles. The zero-order valence-electron chi connectivity index (χ0n) is 32.7. The van der Waals surface area contributed by atoms with Gasteiger partial charge >= 0.3 is 0 Å². The molecule has 52 heavy (non-hydrogen) atoms. The molecule has 296 valence electrons. The normalized spacial score (nSPS) is 45.0. The zero-order chi connectivity index (χ0) is 36.6. The minimum Gasteiger partial charge on any atom is -1.00 e. The van der Waals surface area contributed by atoms with Crippen LogP contribution in [-0.2, 0) is 14.5 Å². The number of halogens is 1. The molecule has 9 nitrogen and oxygen atoms in total. The van der Waals surface area contributed by atoms with Gasteiger partial charge in [-0.2, -0.15) is 0 Å². The molecular weight excluding hydrogens is 676 g/mol. The lowest BCUT2D eigenvalue weighted by molar-refractivity contribution is -0.374. The highest BCUT2D eigenvalue weighted by atomic mass is 35.5. The fraction of sp³-hybridized carbons (Fsp3) is 0.857. The molecule has 8 rings (SSSR count). The average molecular weight is 748 g/mol. The maximum Gasteiger partial charge on any atom is 0.165 e. The van der Waals surface area contributed by atoms with Gasteiger partial charge in [-0.15, -0.1) is 0 Å². The van der Waals surface area contributed by atoms with Gasteiger partial charge < -0.3 is 43.8 Å². The number of allylic oxidation sites excluding steroid dienone is 3. The minimum absolute atomic E-state index is 0. The number of rotatable bonds is 5. The largest absolute Gasteiger partial charge is 1.00 e. The number of aliphatic hydroxyl groups is 2. The Kier molecular flexibility index (Phi) is 13.5. The van der Waals surface area contributed by atoms with Gasteiger partial charge in [0.2, 0.25) is 0 Å². The van der Waals surface area contributed by atoms with Gasteiger partial charge in [0.05, 0.1) is 24.5 Å². The Morgan fingerprint density at radius 1 is 0.731 bits per heavy atom. The van der Waals surface area contributed by atoms with Gasteiger partial charge in [0.1, 0.15) is 6.54 Å². The highest BCUT2D eigenvalue weighted by Gasteiger charge is 2.60. The first-order chi connectivity index (χ1) is 24.4. The van der Waals surface area contributed by atoms with Crippen molar-refractivity contribution in [2.24, 2.45) is 74.0 Å². The minimum atomic E-state index is -0.0823. The van der Waals surface area contributed by atoms with E-state index in [0.717, 1.165) is 80.4 Å². The van der Waals surface area contributed by atoms with E-state index in [1.807, 2.05) is 6.08 Å². The topological polar surface area (TPSA) is 168 Å². The van der Waals surface area contributed by atoms with Gasteiger partial charge in [0.15, 0.2) is 12.4 Å². The number of nitrogens with zero attached hydrogens (tertiary/aromatic N) is 1. The van der Waals surface area contributed by atoms with Gasteiger partial charge in [0, 0.05) is 13.0 Å². The third-order valence-electron chi connectivity index (χ3n) is 16.5. The lowest BCUT2D eigenvalue weighted by Gasteiger charge is -2.57. The number of quaternary nitrogens is 1. The predicted molar refractivity (Wildman–Crippen MR) is 201 cm³/mol. The van der Waals surface area contributed by atoms with E-state index in [-0.39, 0.29) is 40.9 Å². The SMILES string of the molecule is C[C@]12CCC(=NOCC[NH3+])C=C1CCC1C2CC[C@@]2(C)C1CC[C@@H]2O.C[C@]12CCC(=O)C=C1CCC1C2CC[C@@]2(C)C1CC[C@@H]2O.NCCON.[Cl-]. The Morgan fingerprint density at radius 3 is 1.73 bits per heavy atom. The number of hydrogen-bond donors (Lipinski definition) is 5. The molecule has 0 amide bonds. The van der Waals surface area contributed by atoms with Gasteiger partial charge in [-0.3, -0.25) is 4.79 Å². The van der Waals surface area contributed by atoms with Crippen LogP contribution in [0.3, 0.4) is 0 Å². The summed E-state index contributed by atoms with van der Waals surface area (Å²) in [6.07, 6.45) is 22.5. The maximum absolute atomic E-state index is 11.8. The second kappa shape index (κ2) is 16.8. The van der Waals surface area contributed by atoms with Gasteiger partial charge in [-0.05, 0) is 166 Å². The van der Waals surface area contributed by atoms with Crippen molar-refractivity contribution in [2.75, 3.05) is 26.3 Å². The van der Waals surface area contributed by atoms with Crippen LogP contribution in [-0.4, -0.2) is 60.2 Å². The molecule has 8 aliphatic carbocycles. The number of fused-ring (bicyclic) bond motifs is 10. The summed E-state index contributed by atoms with van der Waals surface area (Å²) in [4.78, 5) is 21.2. The summed E-state index contributed by atoms with van der Waals surface area (Å²) in [5.41, 5.74) is 13.9. The second-order valence-corrected chi connectivity index (χ2v) is 18.7. The van der Waals surface area contributed by atoms with Gasteiger partial charge in [-0.25, -0.2) is 5.90 Å². The molecule has 0 aromatic heterocycles. The van der Waals surface area contributed by atoms with Crippen LogP contribution in [0.15, 0.2) is 28.5 Å². The van der Waals surface area contributed by atoms with Crippen molar-refractivity contribution in [3.8, 4) is 0 Å². The number of nitrogens with two attached hydrogens (primary N) is 2. The van der Waals surface area contributed by atoms with E-state index < -0.39 is 0 Å². The van der Waals surface area contributed by atoms with Crippen molar-refractivity contribution in [1.82, 2.24) is 0 Å². The van der Waals surface area contributed by atoms with Crippen molar-refractivity contribution in [1.29, 1.82) is 0 Å². The highest BCUT2D eigenvalue weighted by molar-refractivity contribution is 5.96. The second-order valence-electron chi connectivity index (χ2n) is 18.7. The molecule has 0 radical (unpaired) electrons. The molecule has 8 aliphatic rings. The first-order valence-corrected chi connectivity index (χ1v) is 20.7. The predicted octanol–water partition coefficient (Wildman–Crippen LogP) is 2.64. The van der Waals surface area contributed by atoms with E-state index >= 15 is 0 Å². The van der Waals surface area contributed by atoms with E-state index in [1.54, 1.807) is 5.57 Å². The summed E-state index contributed by atoms with van der Waals surface area (Å²) in [5.74, 6) is 9.46. The number of oxime groups is 1. The van der Waals surface area contributed by atoms with Crippen LogP contribution in [0.2, 0.25) is 0 Å². The summed E-state index contributed by atoms with van der Waals surface area (Å²) in [6, 6.07) is 0. The van der Waals surface area contributed by atoms with Gasteiger partial charge in [-0.1, -0.05) is 44.0 Å². The lowest BCUT2D eigenvalue weighted by Crippen LogP contribution is -3.00. The van der Waals surface area contributed by atoms with Crippen LogP contribution in [0.1, 0.15) is 130 Å². The third-order valence-corrected chi connectivity index (χ3v) is 16.5. The molecular formula is C42H71ClN4O5. The zero-order valence-corrected chi connectivity index (χ0v) is 33.5. The van der Waals surface area contributed by atoms with Crippen LogP contribution >= 0.6 is 0 Å². The Labute approximate surface area is 319 Å². The summed E-state index contributed by atoms with van der Waals surface area (Å²) < 4.78 is 0. The van der Waals surface area contributed by atoms with E-state index in [4.69, 9.17) is 10.6 Å². The van der Waals surface area contributed by atoms with Crippen LogP contribution < -0.4 is 29.8 Å². The standard InChI is InChI=1S/C21H34N2O2.C19H28O2.C2H8N2O.ClH/c1-20-9-7-15(23-25-12-11-22)13-14(20)3-4-16-17-5-6-19(24)21(17,2)10-8-18(16)20;1-18-9-7-13(20)11-12(18)3-4-14-15-5-6-17(21)19(15,2)10-8-16(14)18;3-1-2-5-4;/h13,16-19,24H,3-12,22H2,1-2H3;11,14-17,21H,3-10H2,1-2H3;1-4H2;1H/t16?,17?,18?,19-,20-,21-;14?,15?,16?,17-,18-,19-;;/m00../s1. The van der Waals surface area contributed by atoms with Crippen molar-refractivity contribution < 1.29 is 42.8 Å². The summed E-state index contributed by atoms with van der Waals surface area (Å²) in [5, 5.41) is 25.4. The molecule has 6 fully saturated rings. The van der Waals surface area contributed by atoms with E-state index in [2.05, 4.69) is 55.4 Å². The van der Waals surface area contributed by atoms with Crippen LogP contribution in [0.4, 0.5) is 0 Å². The number of aliphatic hydroxyl groups excluding tert-OH is 2. The average Bonchev–Trinajstić information content (AvgIpc) is 3.60. The van der Waals surface area contributed by atoms with E-state index in [9.17, 15) is 15.0 Å². The Bertz CT molecular complexity index is 1360. The number of carbonyl (C=O) groups excluding carboxylic acids is 1. The van der Waals surface area contributed by atoms with Crippen LogP contribution in [0.25, 0.3) is 0 Å². The monoisotopic (exact) mass is 747 g/mol. The smallest absolute Gasteiger partial charge is 0.165 e. The Hall–Kier alpha value is -1.33. The molecule has 9 N–H and O–H groups in total. The van der Waals surface area contributed by atoms with Crippen LogP contribution in [0.5, 0.6) is 0 Å². The molecule has 12 atom stereocenters. The molecule has 10 heteroatoms.